The molecule has 1 aromatic rings. The molecule has 0 amide bonds. The predicted molar refractivity (Wildman–Crippen MR) is 76.3 cm³/mol. The molecule has 1 aromatic carbocycles. The fourth-order valence-electron chi connectivity index (χ4n) is 1.81. The van der Waals surface area contributed by atoms with Gasteiger partial charge in [-0.1, -0.05) is 25.5 Å². The Balaban J connectivity index is 2.87. The fraction of sp³-hybridized carbons (Fsp3) is 0.467. The summed E-state index contributed by atoms with van der Waals surface area (Å²) in [5.74, 6) is -2.94. The first-order valence-electron chi connectivity index (χ1n) is 6.89. The van der Waals surface area contributed by atoms with Crippen molar-refractivity contribution in [3.05, 3.63) is 29.8 Å². The van der Waals surface area contributed by atoms with Gasteiger partial charge < -0.3 is 25.2 Å². The van der Waals surface area contributed by atoms with Gasteiger partial charge in [0.25, 0.3) is 0 Å². The van der Waals surface area contributed by atoms with Crippen LogP contribution >= 0.6 is 0 Å². The lowest BCUT2D eigenvalue weighted by atomic mass is 9.89. The van der Waals surface area contributed by atoms with Crippen LogP contribution in [0.15, 0.2) is 24.3 Å². The molecular weight excluding hydrogens is 292 g/mol. The smallest absolute Gasteiger partial charge is 0.339 e. The number of hydrogen-bond donors (Lipinski definition) is 4. The monoisotopic (exact) mass is 312 g/mol. The zero-order chi connectivity index (χ0) is 16.8. The SMILES string of the molecule is CCCCOC(=O)C(O)C(O)(Cc1ccc(O)cc1)C(=O)O. The summed E-state index contributed by atoms with van der Waals surface area (Å²) >= 11 is 0. The lowest BCUT2D eigenvalue weighted by molar-refractivity contribution is -0.186. The van der Waals surface area contributed by atoms with Gasteiger partial charge >= 0.3 is 11.9 Å². The summed E-state index contributed by atoms with van der Waals surface area (Å²) in [4.78, 5) is 23.0. The van der Waals surface area contributed by atoms with Gasteiger partial charge in [0.1, 0.15) is 5.75 Å². The van der Waals surface area contributed by atoms with Crippen LogP contribution in [0.4, 0.5) is 0 Å². The third-order valence-corrected chi connectivity index (χ3v) is 3.20. The number of ether oxygens (including phenoxy) is 1. The second-order valence-electron chi connectivity index (χ2n) is 5.00. The maximum absolute atomic E-state index is 11.7. The molecule has 2 unspecified atom stereocenters. The number of carbonyl (C=O) groups excluding carboxylic acids is 1. The Labute approximate surface area is 127 Å². The standard InChI is InChI=1S/C15H20O7/c1-2-3-8-22-13(18)12(17)15(21,14(19)20)9-10-4-6-11(16)7-5-10/h4-7,12,16-17,21H,2-3,8-9H2,1H3,(H,19,20). The Morgan fingerprint density at radius 3 is 2.36 bits per heavy atom. The Morgan fingerprint density at radius 1 is 1.27 bits per heavy atom. The zero-order valence-electron chi connectivity index (χ0n) is 12.2. The molecule has 7 nitrogen and oxygen atoms in total. The third-order valence-electron chi connectivity index (χ3n) is 3.20. The van der Waals surface area contributed by atoms with Gasteiger partial charge in [0.15, 0.2) is 6.10 Å². The number of aliphatic hydroxyl groups is 2. The number of carboxylic acids is 1. The highest BCUT2D eigenvalue weighted by atomic mass is 16.6. The number of unbranched alkanes of at least 4 members (excludes halogenated alkanes) is 1. The molecule has 0 aliphatic heterocycles. The minimum Gasteiger partial charge on any atom is -0.508 e. The maximum atomic E-state index is 11.7. The van der Waals surface area contributed by atoms with Crippen molar-refractivity contribution < 1.29 is 34.8 Å². The summed E-state index contributed by atoms with van der Waals surface area (Å²) in [5, 5.41) is 38.4. The zero-order valence-corrected chi connectivity index (χ0v) is 12.2. The highest BCUT2D eigenvalue weighted by Gasteiger charge is 2.48. The number of carbonyl (C=O) groups is 2. The normalized spacial score (nSPS) is 14.9. The molecule has 2 atom stereocenters. The number of carboxylic acid groups (broad SMARTS) is 1. The van der Waals surface area contributed by atoms with Crippen LogP contribution in [-0.4, -0.2) is 50.7 Å². The highest BCUT2D eigenvalue weighted by molar-refractivity contribution is 5.88. The van der Waals surface area contributed by atoms with Gasteiger partial charge in [-0.3, -0.25) is 0 Å². The number of aliphatic carboxylic acids is 1. The average Bonchev–Trinajstić information content (AvgIpc) is 2.48. The molecule has 1 rings (SSSR count). The molecule has 22 heavy (non-hydrogen) atoms. The van der Waals surface area contributed by atoms with Crippen molar-refractivity contribution in [1.29, 1.82) is 0 Å². The predicted octanol–water partition coefficient (Wildman–Crippen LogP) is 0.455. The largest absolute Gasteiger partial charge is 0.508 e. The second-order valence-corrected chi connectivity index (χ2v) is 5.00. The Hall–Kier alpha value is -2.12. The van der Waals surface area contributed by atoms with Gasteiger partial charge in [-0.25, -0.2) is 9.59 Å². The van der Waals surface area contributed by atoms with Crippen LogP contribution < -0.4 is 0 Å². The summed E-state index contributed by atoms with van der Waals surface area (Å²) in [6.07, 6.45) is -1.38. The van der Waals surface area contributed by atoms with Gasteiger partial charge in [0.05, 0.1) is 6.61 Å². The average molecular weight is 312 g/mol. The van der Waals surface area contributed by atoms with E-state index in [0.29, 0.717) is 12.0 Å². The van der Waals surface area contributed by atoms with E-state index in [0.717, 1.165) is 6.42 Å². The first-order chi connectivity index (χ1) is 10.3. The molecule has 0 radical (unpaired) electrons. The summed E-state index contributed by atoms with van der Waals surface area (Å²) in [7, 11) is 0. The molecule has 0 saturated heterocycles. The van der Waals surface area contributed by atoms with E-state index in [1.165, 1.54) is 24.3 Å². The van der Waals surface area contributed by atoms with Crippen LogP contribution in [0.5, 0.6) is 5.75 Å². The van der Waals surface area contributed by atoms with Crippen molar-refractivity contribution >= 4 is 11.9 Å². The number of rotatable bonds is 8. The van der Waals surface area contributed by atoms with Crippen LogP contribution in [0, 0.1) is 0 Å². The fourth-order valence-corrected chi connectivity index (χ4v) is 1.81. The molecular formula is C15H20O7. The molecule has 0 fully saturated rings. The molecule has 122 valence electrons. The van der Waals surface area contributed by atoms with Crippen molar-refractivity contribution in [2.45, 2.75) is 37.9 Å². The summed E-state index contributed by atoms with van der Waals surface area (Å²) in [6.45, 7) is 1.92. The van der Waals surface area contributed by atoms with E-state index in [9.17, 15) is 30.0 Å². The number of aromatic hydroxyl groups is 1. The van der Waals surface area contributed by atoms with E-state index in [4.69, 9.17) is 4.74 Å². The van der Waals surface area contributed by atoms with E-state index >= 15 is 0 Å². The molecule has 0 heterocycles. The molecule has 0 aromatic heterocycles. The summed E-state index contributed by atoms with van der Waals surface area (Å²) in [5.41, 5.74) is -2.37. The first-order valence-corrected chi connectivity index (χ1v) is 6.89. The number of esters is 1. The summed E-state index contributed by atoms with van der Waals surface area (Å²) in [6, 6.07) is 5.39. The van der Waals surface area contributed by atoms with Crippen LogP contribution in [0.1, 0.15) is 25.3 Å². The minimum atomic E-state index is -2.71. The van der Waals surface area contributed by atoms with Gasteiger partial charge in [-0.2, -0.15) is 0 Å². The van der Waals surface area contributed by atoms with E-state index in [1.54, 1.807) is 0 Å². The Bertz CT molecular complexity index is 511. The van der Waals surface area contributed by atoms with Crippen LogP contribution in [0.25, 0.3) is 0 Å². The van der Waals surface area contributed by atoms with Gasteiger partial charge in [0.2, 0.25) is 5.60 Å². The molecule has 0 bridgehead atoms. The van der Waals surface area contributed by atoms with Crippen LogP contribution in [-0.2, 0) is 20.7 Å². The van der Waals surface area contributed by atoms with Crippen molar-refractivity contribution in [1.82, 2.24) is 0 Å². The maximum Gasteiger partial charge on any atom is 0.339 e. The minimum absolute atomic E-state index is 0.0258. The highest BCUT2D eigenvalue weighted by Crippen LogP contribution is 2.21. The van der Waals surface area contributed by atoms with E-state index < -0.39 is 30.1 Å². The Morgan fingerprint density at radius 2 is 1.86 bits per heavy atom. The number of phenols is 1. The lowest BCUT2D eigenvalue weighted by Gasteiger charge is -2.27. The quantitative estimate of drug-likeness (QED) is 0.406. The Kier molecular flexibility index (Phi) is 6.33. The third kappa shape index (κ3) is 4.44. The summed E-state index contributed by atoms with van der Waals surface area (Å²) < 4.78 is 4.75. The van der Waals surface area contributed by atoms with Crippen molar-refractivity contribution in [3.8, 4) is 5.75 Å². The van der Waals surface area contributed by atoms with Crippen molar-refractivity contribution in [2.75, 3.05) is 6.61 Å². The molecule has 0 saturated carbocycles. The van der Waals surface area contributed by atoms with E-state index in [1.807, 2.05) is 6.92 Å². The van der Waals surface area contributed by atoms with Crippen molar-refractivity contribution in [3.63, 3.8) is 0 Å². The van der Waals surface area contributed by atoms with Crippen molar-refractivity contribution in [2.24, 2.45) is 0 Å². The molecule has 0 spiro atoms. The first kappa shape index (κ1) is 17.9. The second kappa shape index (κ2) is 7.77. The van der Waals surface area contributed by atoms with E-state index in [-0.39, 0.29) is 12.4 Å². The molecule has 0 aliphatic carbocycles. The molecule has 4 N–H and O–H groups in total. The topological polar surface area (TPSA) is 124 Å². The van der Waals surface area contributed by atoms with Crippen LogP contribution in [0.2, 0.25) is 0 Å². The van der Waals surface area contributed by atoms with E-state index in [2.05, 4.69) is 0 Å². The molecule has 0 aliphatic rings. The number of phenolic OH excluding ortho intramolecular Hbond substituents is 1. The van der Waals surface area contributed by atoms with Gasteiger partial charge in [-0.15, -0.1) is 0 Å². The number of aliphatic hydroxyl groups excluding tert-OH is 1. The van der Waals surface area contributed by atoms with Crippen LogP contribution in [0.3, 0.4) is 0 Å². The van der Waals surface area contributed by atoms with Gasteiger partial charge in [0, 0.05) is 6.42 Å². The van der Waals surface area contributed by atoms with Gasteiger partial charge in [-0.05, 0) is 24.1 Å². The molecule has 7 heteroatoms. The number of benzene rings is 1. The number of hydrogen-bond acceptors (Lipinski definition) is 6. The lowest BCUT2D eigenvalue weighted by Crippen LogP contribution is -2.55.